The van der Waals surface area contributed by atoms with Crippen molar-refractivity contribution < 1.29 is 0 Å². The van der Waals surface area contributed by atoms with Gasteiger partial charge in [-0.1, -0.05) is 60.0 Å². The minimum atomic E-state index is 1.18. The lowest BCUT2D eigenvalue weighted by Crippen LogP contribution is -1.61. The molecule has 0 spiro atoms. The molecule has 0 atom stereocenters. The normalized spacial score (nSPS) is 6.64. The molecule has 0 aliphatic carbocycles. The monoisotopic (exact) mass is 158 g/mol. The van der Waals surface area contributed by atoms with Crippen molar-refractivity contribution in [1.29, 1.82) is 0 Å². The summed E-state index contributed by atoms with van der Waals surface area (Å²) in [5.74, 6) is 0. The molecule has 0 nitrogen and oxygen atoms in total. The van der Waals surface area contributed by atoms with Crippen LogP contribution in [-0.2, 0) is 0 Å². The van der Waals surface area contributed by atoms with Gasteiger partial charge >= 0.3 is 0 Å². The molecule has 0 aliphatic heterocycles. The summed E-state index contributed by atoms with van der Waals surface area (Å²) in [6.45, 7) is 14.0. The van der Waals surface area contributed by atoms with Crippen LogP contribution in [0.4, 0.5) is 0 Å². The Kier molecular flexibility index (Phi) is 51.2. The molecule has 0 fully saturated rings. The van der Waals surface area contributed by atoms with Gasteiger partial charge in [0.25, 0.3) is 0 Å². The Labute approximate surface area is 73.7 Å². The maximum absolute atomic E-state index is 3.60. The summed E-state index contributed by atoms with van der Waals surface area (Å²) < 4.78 is 0. The van der Waals surface area contributed by atoms with Gasteiger partial charge in [-0.2, -0.15) is 0 Å². The molecule has 0 bridgehead atoms. The first kappa shape index (κ1) is 17.0. The second-order valence-corrected chi connectivity index (χ2v) is 2.14. The van der Waals surface area contributed by atoms with E-state index in [9.17, 15) is 0 Å². The fourth-order valence-electron chi connectivity index (χ4n) is 0.348. The Morgan fingerprint density at radius 2 is 1.45 bits per heavy atom. The molecule has 0 saturated heterocycles. The molecule has 0 aromatic rings. The third kappa shape index (κ3) is 77.7. The first-order valence-electron chi connectivity index (χ1n) is 4.94. The Hall–Kier alpha value is -0.260. The first-order chi connectivity index (χ1) is 5.33. The van der Waals surface area contributed by atoms with Crippen molar-refractivity contribution in [3.8, 4) is 0 Å². The second kappa shape index (κ2) is 33.1. The lowest BCUT2D eigenvalue weighted by molar-refractivity contribution is 0.816. The van der Waals surface area contributed by atoms with Crippen molar-refractivity contribution in [3.63, 3.8) is 0 Å². The van der Waals surface area contributed by atoms with Gasteiger partial charge in [-0.05, 0) is 6.42 Å². The maximum atomic E-state index is 3.60. The Balaban J connectivity index is -0.000000109. The molecule has 0 heteroatoms. The van der Waals surface area contributed by atoms with Gasteiger partial charge in [-0.3, -0.25) is 0 Å². The van der Waals surface area contributed by atoms with Crippen LogP contribution in [0.1, 0.15) is 60.3 Å². The van der Waals surface area contributed by atoms with Crippen LogP contribution in [0.3, 0.4) is 0 Å². The number of allylic oxidation sites excluding steroid dienone is 1. The maximum Gasteiger partial charge on any atom is -0.0354 e. The van der Waals surface area contributed by atoms with Crippen LogP contribution in [0.25, 0.3) is 0 Å². The molecule has 0 amide bonds. The van der Waals surface area contributed by atoms with Gasteiger partial charge in [-0.25, -0.2) is 0 Å². The third-order valence-corrected chi connectivity index (χ3v) is 0.762. The van der Waals surface area contributed by atoms with Crippen LogP contribution in [-0.4, -0.2) is 0 Å². The molecule has 0 radical (unpaired) electrons. The number of rotatable bonds is 3. The molecule has 0 saturated carbocycles. The predicted octanol–water partition coefficient (Wildman–Crippen LogP) is 4.81. The Bertz CT molecular complexity index is 37.3. The lowest BCUT2D eigenvalue weighted by Gasteiger charge is -1.81. The van der Waals surface area contributed by atoms with Gasteiger partial charge in [0.2, 0.25) is 0 Å². The van der Waals surface area contributed by atoms with E-state index in [1.807, 2.05) is 19.9 Å². The number of unbranched alkanes of at least 4 members (excludes halogenated alkanes) is 2. The molecule has 0 rings (SSSR count). The van der Waals surface area contributed by atoms with E-state index in [2.05, 4.69) is 27.4 Å². The minimum absolute atomic E-state index is 1.18. The fraction of sp³-hybridized carbons (Fsp3) is 0.818. The highest BCUT2D eigenvalue weighted by Crippen LogP contribution is 1.91. The quantitative estimate of drug-likeness (QED) is 0.408. The van der Waals surface area contributed by atoms with Crippen molar-refractivity contribution in [2.24, 2.45) is 0 Å². The van der Waals surface area contributed by atoms with Gasteiger partial charge < -0.3 is 0 Å². The third-order valence-electron chi connectivity index (χ3n) is 0.762. The van der Waals surface area contributed by atoms with Gasteiger partial charge in [-0.15, -0.1) is 6.58 Å². The predicted molar refractivity (Wildman–Crippen MR) is 57.0 cm³/mol. The molecule has 0 aliphatic rings. The van der Waals surface area contributed by atoms with Crippen molar-refractivity contribution >= 4 is 0 Å². The summed E-state index contributed by atoms with van der Waals surface area (Å²) in [5.41, 5.74) is 0. The summed E-state index contributed by atoms with van der Waals surface area (Å²) in [6, 6.07) is 0. The lowest BCUT2D eigenvalue weighted by atomic mass is 10.3. The summed E-state index contributed by atoms with van der Waals surface area (Å²) in [6.07, 6.45) is 6.97. The van der Waals surface area contributed by atoms with Crippen LogP contribution in [0.2, 0.25) is 0 Å². The smallest absolute Gasteiger partial charge is 0.0354 e. The van der Waals surface area contributed by atoms with E-state index in [1.165, 1.54) is 25.7 Å². The van der Waals surface area contributed by atoms with Gasteiger partial charge in [0.1, 0.15) is 0 Å². The molecule has 11 heavy (non-hydrogen) atoms. The van der Waals surface area contributed by atoms with E-state index in [0.29, 0.717) is 0 Å². The second-order valence-electron chi connectivity index (χ2n) is 2.14. The zero-order valence-electron chi connectivity index (χ0n) is 9.11. The summed E-state index contributed by atoms with van der Waals surface area (Å²) >= 11 is 0. The van der Waals surface area contributed by atoms with Gasteiger partial charge in [0.05, 0.1) is 0 Å². The zero-order chi connectivity index (χ0) is 9.54. The highest BCUT2D eigenvalue weighted by molar-refractivity contribution is 4.64. The fourth-order valence-corrected chi connectivity index (χ4v) is 0.348. The first-order valence-corrected chi connectivity index (χ1v) is 4.94. The molecule has 0 unspecified atom stereocenters. The van der Waals surface area contributed by atoms with E-state index >= 15 is 0 Å². The molecule has 0 N–H and O–H groups in total. The Morgan fingerprint density at radius 1 is 1.09 bits per heavy atom. The highest BCUT2D eigenvalue weighted by atomic mass is 13.8. The summed E-state index contributed by atoms with van der Waals surface area (Å²) in [4.78, 5) is 0. The van der Waals surface area contributed by atoms with E-state index in [4.69, 9.17) is 0 Å². The number of hydrogen-bond donors (Lipinski definition) is 0. The summed E-state index contributed by atoms with van der Waals surface area (Å²) in [5, 5.41) is 0. The van der Waals surface area contributed by atoms with E-state index in [1.54, 1.807) is 0 Å². The topological polar surface area (TPSA) is 0 Å². The van der Waals surface area contributed by atoms with Crippen LogP contribution in [0.15, 0.2) is 12.7 Å². The SMILES string of the molecule is C=CCCCC.CC.CCC. The average Bonchev–Trinajstić information content (AvgIpc) is 2.06. The molecule has 0 aromatic heterocycles. The van der Waals surface area contributed by atoms with Crippen LogP contribution in [0, 0.1) is 0 Å². The van der Waals surface area contributed by atoms with Gasteiger partial charge in [0.15, 0.2) is 0 Å². The van der Waals surface area contributed by atoms with E-state index in [-0.39, 0.29) is 0 Å². The van der Waals surface area contributed by atoms with Crippen molar-refractivity contribution in [2.45, 2.75) is 60.3 Å². The number of hydrogen-bond acceptors (Lipinski definition) is 0. The molecular formula is C11H26. The molecular weight excluding hydrogens is 132 g/mol. The zero-order valence-corrected chi connectivity index (χ0v) is 9.11. The van der Waals surface area contributed by atoms with Crippen LogP contribution in [0.5, 0.6) is 0 Å². The van der Waals surface area contributed by atoms with Crippen LogP contribution < -0.4 is 0 Å². The molecule has 0 heterocycles. The van der Waals surface area contributed by atoms with E-state index < -0.39 is 0 Å². The minimum Gasteiger partial charge on any atom is -0.103 e. The van der Waals surface area contributed by atoms with Crippen LogP contribution >= 0.6 is 0 Å². The summed E-state index contributed by atoms with van der Waals surface area (Å²) in [7, 11) is 0. The van der Waals surface area contributed by atoms with E-state index in [0.717, 1.165) is 0 Å². The highest BCUT2D eigenvalue weighted by Gasteiger charge is 1.71. The van der Waals surface area contributed by atoms with Crippen molar-refractivity contribution in [3.05, 3.63) is 12.7 Å². The molecule has 0 aromatic carbocycles. The van der Waals surface area contributed by atoms with Crippen molar-refractivity contribution in [2.75, 3.05) is 0 Å². The average molecular weight is 158 g/mol. The standard InChI is InChI=1S/C6H12.C3H8.C2H6/c1-3-5-6-4-2;1-3-2;1-2/h3H,1,4-6H2,2H3;3H2,1-2H3;1-2H3. The van der Waals surface area contributed by atoms with Gasteiger partial charge in [0, 0.05) is 0 Å². The largest absolute Gasteiger partial charge is 0.103 e. The van der Waals surface area contributed by atoms with Crippen molar-refractivity contribution in [1.82, 2.24) is 0 Å². The Morgan fingerprint density at radius 3 is 1.55 bits per heavy atom. The molecule has 70 valence electrons.